The number of imidazole rings is 1. The molecule has 0 radical (unpaired) electrons. The summed E-state index contributed by atoms with van der Waals surface area (Å²) in [6, 6.07) is 7.56. The second-order valence-electron chi connectivity index (χ2n) is 4.62. The molecule has 2 N–H and O–H groups in total. The molecule has 0 spiro atoms. The summed E-state index contributed by atoms with van der Waals surface area (Å²) in [5.41, 5.74) is 6.34. The van der Waals surface area contributed by atoms with Crippen LogP contribution in [0.5, 0.6) is 5.75 Å². The van der Waals surface area contributed by atoms with Crippen molar-refractivity contribution in [3.05, 3.63) is 54.1 Å². The molecule has 0 fully saturated rings. The maximum absolute atomic E-state index is 11.9. The Morgan fingerprint density at radius 3 is 2.76 bits per heavy atom. The van der Waals surface area contributed by atoms with Gasteiger partial charge in [0.15, 0.2) is 5.82 Å². The zero-order chi connectivity index (χ0) is 15.1. The van der Waals surface area contributed by atoms with E-state index in [1.54, 1.807) is 30.1 Å². The van der Waals surface area contributed by atoms with Crippen molar-refractivity contribution < 1.29 is 9.53 Å². The molecule has 0 unspecified atom stereocenters. The molecule has 5 nitrogen and oxygen atoms in total. The van der Waals surface area contributed by atoms with Gasteiger partial charge >= 0.3 is 0 Å². The maximum atomic E-state index is 11.9. The third-order valence-electron chi connectivity index (χ3n) is 2.97. The van der Waals surface area contributed by atoms with Crippen molar-refractivity contribution in [2.24, 2.45) is 12.8 Å². The van der Waals surface area contributed by atoms with E-state index in [0.717, 1.165) is 17.7 Å². The molecule has 0 bridgehead atoms. The van der Waals surface area contributed by atoms with Gasteiger partial charge in [0.25, 0.3) is 0 Å². The summed E-state index contributed by atoms with van der Waals surface area (Å²) >= 11 is 0. The number of hydrogen-bond donors (Lipinski definition) is 1. The average Bonchev–Trinajstić information content (AvgIpc) is 2.92. The standard InChI is InChI=1S/C16H19N3O2/c1-19-11-10-18-16(19)15(20)8-5-13-3-6-14(7-4-13)21-12-2-9-17/h3-8,10-11H,2,9,12,17H2,1H3/b8-5+. The van der Waals surface area contributed by atoms with Gasteiger partial charge in [-0.2, -0.15) is 0 Å². The smallest absolute Gasteiger partial charge is 0.221 e. The number of benzene rings is 1. The van der Waals surface area contributed by atoms with E-state index in [-0.39, 0.29) is 5.78 Å². The first kappa shape index (κ1) is 15.0. The van der Waals surface area contributed by atoms with Crippen molar-refractivity contribution in [3.63, 3.8) is 0 Å². The number of carbonyl (C=O) groups excluding carboxylic acids is 1. The minimum absolute atomic E-state index is 0.120. The van der Waals surface area contributed by atoms with Gasteiger partial charge in [0.2, 0.25) is 5.78 Å². The Morgan fingerprint density at radius 2 is 2.14 bits per heavy atom. The molecule has 110 valence electrons. The van der Waals surface area contributed by atoms with E-state index in [2.05, 4.69) is 4.98 Å². The zero-order valence-corrected chi connectivity index (χ0v) is 12.0. The SMILES string of the molecule is Cn1ccnc1C(=O)/C=C/c1ccc(OCCCN)cc1. The van der Waals surface area contributed by atoms with Gasteiger partial charge in [-0.3, -0.25) is 4.79 Å². The van der Waals surface area contributed by atoms with E-state index >= 15 is 0 Å². The third kappa shape index (κ3) is 4.29. The Labute approximate surface area is 124 Å². The summed E-state index contributed by atoms with van der Waals surface area (Å²) in [5.74, 6) is 1.11. The molecule has 0 atom stereocenters. The monoisotopic (exact) mass is 285 g/mol. The highest BCUT2D eigenvalue weighted by Gasteiger charge is 2.06. The highest BCUT2D eigenvalue weighted by Crippen LogP contribution is 2.13. The van der Waals surface area contributed by atoms with Crippen LogP contribution in [0.15, 0.2) is 42.7 Å². The van der Waals surface area contributed by atoms with Crippen molar-refractivity contribution in [3.8, 4) is 5.75 Å². The number of carbonyl (C=O) groups is 1. The molecule has 0 saturated heterocycles. The summed E-state index contributed by atoms with van der Waals surface area (Å²) in [7, 11) is 1.79. The van der Waals surface area contributed by atoms with Gasteiger partial charge < -0.3 is 15.0 Å². The van der Waals surface area contributed by atoms with Crippen LogP contribution in [0.1, 0.15) is 22.6 Å². The normalized spacial score (nSPS) is 11.0. The minimum atomic E-state index is -0.120. The number of rotatable bonds is 7. The Morgan fingerprint density at radius 1 is 1.38 bits per heavy atom. The van der Waals surface area contributed by atoms with Gasteiger partial charge in [-0.1, -0.05) is 18.2 Å². The summed E-state index contributed by atoms with van der Waals surface area (Å²) < 4.78 is 7.21. The lowest BCUT2D eigenvalue weighted by atomic mass is 10.2. The van der Waals surface area contributed by atoms with Crippen molar-refractivity contribution in [1.82, 2.24) is 9.55 Å². The molecular formula is C16H19N3O2. The Balaban J connectivity index is 1.95. The lowest BCUT2D eigenvalue weighted by molar-refractivity contribution is 0.103. The zero-order valence-electron chi connectivity index (χ0n) is 12.0. The van der Waals surface area contributed by atoms with E-state index in [1.165, 1.54) is 6.08 Å². The molecule has 1 aromatic carbocycles. The van der Waals surface area contributed by atoms with Crippen LogP contribution in [0.4, 0.5) is 0 Å². The molecule has 0 saturated carbocycles. The van der Waals surface area contributed by atoms with Gasteiger partial charge in [-0.25, -0.2) is 4.98 Å². The number of hydrogen-bond acceptors (Lipinski definition) is 4. The summed E-state index contributed by atoms with van der Waals surface area (Å²) in [4.78, 5) is 16.0. The fraction of sp³-hybridized carbons (Fsp3) is 0.250. The molecule has 2 aromatic rings. The van der Waals surface area contributed by atoms with Gasteiger partial charge in [0, 0.05) is 19.4 Å². The molecule has 0 amide bonds. The van der Waals surface area contributed by atoms with Gasteiger partial charge in [-0.15, -0.1) is 0 Å². The number of nitrogens with two attached hydrogens (primary N) is 1. The number of aromatic nitrogens is 2. The first-order chi connectivity index (χ1) is 10.2. The summed E-state index contributed by atoms with van der Waals surface area (Å²) in [6.45, 7) is 1.24. The van der Waals surface area contributed by atoms with Crippen molar-refractivity contribution >= 4 is 11.9 Å². The molecule has 5 heteroatoms. The van der Waals surface area contributed by atoms with E-state index < -0.39 is 0 Å². The topological polar surface area (TPSA) is 70.1 Å². The van der Waals surface area contributed by atoms with Crippen LogP contribution in [-0.4, -0.2) is 28.5 Å². The fourth-order valence-electron chi connectivity index (χ4n) is 1.80. The van der Waals surface area contributed by atoms with Crippen LogP contribution in [0, 0.1) is 0 Å². The lowest BCUT2D eigenvalue weighted by Gasteiger charge is -2.04. The molecule has 0 aliphatic rings. The molecule has 21 heavy (non-hydrogen) atoms. The molecule has 2 rings (SSSR count). The minimum Gasteiger partial charge on any atom is -0.494 e. The van der Waals surface area contributed by atoms with Crippen molar-refractivity contribution in [2.45, 2.75) is 6.42 Å². The van der Waals surface area contributed by atoms with Gasteiger partial charge in [0.05, 0.1) is 6.61 Å². The van der Waals surface area contributed by atoms with E-state index in [4.69, 9.17) is 10.5 Å². The predicted molar refractivity (Wildman–Crippen MR) is 82.2 cm³/mol. The summed E-state index contributed by atoms with van der Waals surface area (Å²) in [6.07, 6.45) is 7.47. The average molecular weight is 285 g/mol. The van der Waals surface area contributed by atoms with Crippen LogP contribution in [-0.2, 0) is 7.05 Å². The van der Waals surface area contributed by atoms with Crippen LogP contribution < -0.4 is 10.5 Å². The second-order valence-corrected chi connectivity index (χ2v) is 4.62. The third-order valence-corrected chi connectivity index (χ3v) is 2.97. The van der Waals surface area contributed by atoms with Crippen LogP contribution >= 0.6 is 0 Å². The molecule has 0 aliphatic carbocycles. The van der Waals surface area contributed by atoms with Crippen molar-refractivity contribution in [1.29, 1.82) is 0 Å². The largest absolute Gasteiger partial charge is 0.494 e. The van der Waals surface area contributed by atoms with E-state index in [0.29, 0.717) is 19.0 Å². The molecular weight excluding hydrogens is 266 g/mol. The van der Waals surface area contributed by atoms with Gasteiger partial charge in [0.1, 0.15) is 5.75 Å². The van der Waals surface area contributed by atoms with Crippen LogP contribution in [0.25, 0.3) is 6.08 Å². The highest BCUT2D eigenvalue weighted by atomic mass is 16.5. The Kier molecular flexibility index (Phi) is 5.29. The second kappa shape index (κ2) is 7.40. The first-order valence-electron chi connectivity index (χ1n) is 6.83. The quantitative estimate of drug-likeness (QED) is 0.480. The lowest BCUT2D eigenvalue weighted by Crippen LogP contribution is -2.05. The molecule has 1 aromatic heterocycles. The predicted octanol–water partition coefficient (Wildman–Crippen LogP) is 2.04. The summed E-state index contributed by atoms with van der Waals surface area (Å²) in [5, 5.41) is 0. The number of ether oxygens (including phenoxy) is 1. The van der Waals surface area contributed by atoms with Crippen LogP contribution in [0.3, 0.4) is 0 Å². The maximum Gasteiger partial charge on any atom is 0.221 e. The molecule has 1 heterocycles. The first-order valence-corrected chi connectivity index (χ1v) is 6.83. The molecule has 0 aliphatic heterocycles. The Bertz CT molecular complexity index is 615. The number of nitrogens with zero attached hydrogens (tertiary/aromatic N) is 2. The van der Waals surface area contributed by atoms with E-state index in [1.807, 2.05) is 24.3 Å². The number of ketones is 1. The van der Waals surface area contributed by atoms with Gasteiger partial charge in [-0.05, 0) is 36.7 Å². The number of aryl methyl sites for hydroxylation is 1. The van der Waals surface area contributed by atoms with Crippen LogP contribution in [0.2, 0.25) is 0 Å². The highest BCUT2D eigenvalue weighted by molar-refractivity contribution is 6.04. The Hall–Kier alpha value is -2.40. The van der Waals surface area contributed by atoms with E-state index in [9.17, 15) is 4.79 Å². The number of allylic oxidation sites excluding steroid dienone is 1. The van der Waals surface area contributed by atoms with Crippen molar-refractivity contribution in [2.75, 3.05) is 13.2 Å². The fourth-order valence-corrected chi connectivity index (χ4v) is 1.80.